The predicted molar refractivity (Wildman–Crippen MR) is 103 cm³/mol. The topological polar surface area (TPSA) is 88.9 Å². The van der Waals surface area contributed by atoms with E-state index in [0.717, 1.165) is 15.3 Å². The normalized spacial score (nSPS) is 11.7. The molecule has 0 fully saturated rings. The molecule has 1 unspecified atom stereocenters. The quantitative estimate of drug-likeness (QED) is 0.520. The molecular weight excluding hydrogens is 354 g/mol. The van der Waals surface area contributed by atoms with E-state index in [9.17, 15) is 14.4 Å². The second kappa shape index (κ2) is 10.9. The number of carbonyl (C=O) groups is 3. The number of hydrogen-bond donors (Lipinski definition) is 3. The zero-order valence-electron chi connectivity index (χ0n) is 16.3. The van der Waals surface area contributed by atoms with Crippen LogP contribution in [0.15, 0.2) is 0 Å². The number of aryl methyl sites for hydroxylation is 1. The largest absolute Gasteiger partial charge is 0.462 e. The molecule has 0 aliphatic rings. The van der Waals surface area contributed by atoms with E-state index in [2.05, 4.69) is 10.6 Å². The van der Waals surface area contributed by atoms with Gasteiger partial charge in [0.1, 0.15) is 5.00 Å². The van der Waals surface area contributed by atoms with Crippen molar-refractivity contribution in [3.05, 3.63) is 16.0 Å². The van der Waals surface area contributed by atoms with Crippen LogP contribution in [0.1, 0.15) is 48.5 Å². The minimum Gasteiger partial charge on any atom is -0.462 e. The Morgan fingerprint density at radius 1 is 1.08 bits per heavy atom. The smallest absolute Gasteiger partial charge is 0.341 e. The highest BCUT2D eigenvalue weighted by atomic mass is 32.1. The summed E-state index contributed by atoms with van der Waals surface area (Å²) in [7, 11) is 0. The first-order valence-corrected chi connectivity index (χ1v) is 9.88. The molecule has 0 saturated carbocycles. The van der Waals surface area contributed by atoms with Gasteiger partial charge in [0.15, 0.2) is 13.1 Å². The Morgan fingerprint density at radius 3 is 2.27 bits per heavy atom. The SMILES string of the molecule is CCNC(=O)C[NH+](CC)CC(=O)Nc1sc(C)c(CC)c1C(=O)OCC. The van der Waals surface area contributed by atoms with Crippen LogP contribution < -0.4 is 15.5 Å². The van der Waals surface area contributed by atoms with Crippen LogP contribution in [0.3, 0.4) is 0 Å². The lowest BCUT2D eigenvalue weighted by Gasteiger charge is -2.16. The summed E-state index contributed by atoms with van der Waals surface area (Å²) in [6, 6.07) is 0. The molecule has 1 aromatic rings. The van der Waals surface area contributed by atoms with Crippen LogP contribution in [0.2, 0.25) is 0 Å². The number of quaternary nitrogens is 1. The van der Waals surface area contributed by atoms with Crippen molar-refractivity contribution in [2.75, 3.05) is 38.1 Å². The number of hydrogen-bond acceptors (Lipinski definition) is 5. The molecule has 0 bridgehead atoms. The summed E-state index contributed by atoms with van der Waals surface area (Å²) in [5.41, 5.74) is 1.36. The number of amides is 2. The maximum atomic E-state index is 12.5. The van der Waals surface area contributed by atoms with E-state index in [1.165, 1.54) is 11.3 Å². The summed E-state index contributed by atoms with van der Waals surface area (Å²) in [6.45, 7) is 11.3. The molecule has 0 aliphatic heterocycles. The molecule has 3 N–H and O–H groups in total. The van der Waals surface area contributed by atoms with Crippen molar-refractivity contribution in [2.45, 2.75) is 41.0 Å². The zero-order chi connectivity index (χ0) is 19.7. The molecule has 2 amide bonds. The lowest BCUT2D eigenvalue weighted by Crippen LogP contribution is -3.14. The van der Waals surface area contributed by atoms with Crippen LogP contribution in [0, 0.1) is 6.92 Å². The van der Waals surface area contributed by atoms with E-state index in [1.54, 1.807) is 6.92 Å². The molecule has 26 heavy (non-hydrogen) atoms. The van der Waals surface area contributed by atoms with Crippen LogP contribution in [0.25, 0.3) is 0 Å². The van der Waals surface area contributed by atoms with E-state index in [1.807, 2.05) is 27.7 Å². The fraction of sp³-hybridized carbons (Fsp3) is 0.611. The summed E-state index contributed by atoms with van der Waals surface area (Å²) in [5, 5.41) is 6.11. The van der Waals surface area contributed by atoms with Crippen molar-refractivity contribution in [1.29, 1.82) is 0 Å². The maximum Gasteiger partial charge on any atom is 0.341 e. The fourth-order valence-corrected chi connectivity index (χ4v) is 3.86. The van der Waals surface area contributed by atoms with Crippen LogP contribution >= 0.6 is 11.3 Å². The van der Waals surface area contributed by atoms with Gasteiger partial charge in [0.25, 0.3) is 11.8 Å². The van der Waals surface area contributed by atoms with E-state index in [0.29, 0.717) is 30.1 Å². The highest BCUT2D eigenvalue weighted by Crippen LogP contribution is 2.33. The molecule has 0 aliphatic carbocycles. The van der Waals surface area contributed by atoms with Crippen molar-refractivity contribution in [2.24, 2.45) is 0 Å². The molecule has 1 atom stereocenters. The number of ether oxygens (including phenoxy) is 1. The van der Waals surface area contributed by atoms with Crippen molar-refractivity contribution >= 4 is 34.1 Å². The molecule has 1 rings (SSSR count). The summed E-state index contributed by atoms with van der Waals surface area (Å²) in [4.78, 5) is 38.3. The number of nitrogens with one attached hydrogen (secondary N) is 3. The summed E-state index contributed by atoms with van der Waals surface area (Å²) < 4.78 is 5.15. The van der Waals surface area contributed by atoms with Crippen molar-refractivity contribution < 1.29 is 24.0 Å². The van der Waals surface area contributed by atoms with Gasteiger partial charge in [-0.25, -0.2) is 4.79 Å². The number of likely N-dealkylation sites (N-methyl/N-ethyl adjacent to an activating group) is 2. The van der Waals surface area contributed by atoms with Crippen LogP contribution in [0.4, 0.5) is 5.00 Å². The third-order valence-corrected chi connectivity index (χ3v) is 5.05. The standard InChI is InChI=1S/C18H29N3O4S/c1-6-13-12(5)26-17(16(13)18(24)25-9-4)20-15(23)11-21(8-3)10-14(22)19-7-2/h6-11H2,1-5H3,(H,19,22)(H,20,23)/p+1. The fourth-order valence-electron chi connectivity index (χ4n) is 2.71. The number of rotatable bonds is 10. The van der Waals surface area contributed by atoms with E-state index in [4.69, 9.17) is 4.74 Å². The average Bonchev–Trinajstić information content (AvgIpc) is 2.89. The van der Waals surface area contributed by atoms with Gasteiger partial charge >= 0.3 is 5.97 Å². The molecule has 7 nitrogen and oxygen atoms in total. The van der Waals surface area contributed by atoms with Gasteiger partial charge in [-0.3, -0.25) is 9.59 Å². The minimum atomic E-state index is -0.411. The Bertz CT molecular complexity index is 643. The molecule has 1 heterocycles. The number of carbonyl (C=O) groups excluding carboxylic acids is 3. The van der Waals surface area contributed by atoms with E-state index >= 15 is 0 Å². The van der Waals surface area contributed by atoms with Gasteiger partial charge in [0.2, 0.25) is 0 Å². The van der Waals surface area contributed by atoms with Crippen LogP contribution in [-0.4, -0.2) is 50.6 Å². The second-order valence-corrected chi connectivity index (χ2v) is 7.10. The molecule has 0 radical (unpaired) electrons. The molecule has 146 valence electrons. The lowest BCUT2D eigenvalue weighted by atomic mass is 10.1. The third kappa shape index (κ3) is 6.10. The van der Waals surface area contributed by atoms with E-state index in [-0.39, 0.29) is 31.5 Å². The average molecular weight is 385 g/mol. The lowest BCUT2D eigenvalue weighted by molar-refractivity contribution is -0.881. The van der Waals surface area contributed by atoms with Crippen molar-refractivity contribution in [3.63, 3.8) is 0 Å². The number of anilines is 1. The zero-order valence-corrected chi connectivity index (χ0v) is 17.1. The Balaban J connectivity index is 2.88. The molecule has 0 spiro atoms. The van der Waals surface area contributed by atoms with Gasteiger partial charge in [-0.1, -0.05) is 6.92 Å². The minimum absolute atomic E-state index is 0.0791. The van der Waals surface area contributed by atoms with E-state index < -0.39 is 5.97 Å². The monoisotopic (exact) mass is 384 g/mol. The first-order chi connectivity index (χ1) is 12.4. The second-order valence-electron chi connectivity index (χ2n) is 5.87. The molecule has 0 aromatic carbocycles. The maximum absolute atomic E-state index is 12.5. The first kappa shape index (κ1) is 22.1. The van der Waals surface area contributed by atoms with Crippen molar-refractivity contribution in [3.8, 4) is 0 Å². The number of thiophene rings is 1. The van der Waals surface area contributed by atoms with Crippen molar-refractivity contribution in [1.82, 2.24) is 5.32 Å². The Kier molecular flexibility index (Phi) is 9.29. The molecule has 8 heteroatoms. The van der Waals surface area contributed by atoms with Gasteiger partial charge in [-0.05, 0) is 39.7 Å². The first-order valence-electron chi connectivity index (χ1n) is 9.07. The summed E-state index contributed by atoms with van der Waals surface area (Å²) >= 11 is 1.38. The third-order valence-electron chi connectivity index (χ3n) is 3.99. The molecule has 1 aromatic heterocycles. The molecular formula is C18H30N3O4S+. The van der Waals surface area contributed by atoms with Gasteiger partial charge in [-0.2, -0.15) is 0 Å². The molecule has 0 saturated heterocycles. The Labute approximate surface area is 159 Å². The van der Waals surface area contributed by atoms with Gasteiger partial charge in [-0.15, -0.1) is 11.3 Å². The Hall–Kier alpha value is -1.93. The van der Waals surface area contributed by atoms with Gasteiger partial charge < -0.3 is 20.3 Å². The predicted octanol–water partition coefficient (Wildman–Crippen LogP) is 0.775. The highest BCUT2D eigenvalue weighted by Gasteiger charge is 2.24. The summed E-state index contributed by atoms with van der Waals surface area (Å²) in [6.07, 6.45) is 0.690. The summed E-state index contributed by atoms with van der Waals surface area (Å²) in [5.74, 6) is -0.712. The van der Waals surface area contributed by atoms with Crippen LogP contribution in [-0.2, 0) is 20.7 Å². The number of esters is 1. The van der Waals surface area contributed by atoms with Gasteiger partial charge in [0.05, 0.1) is 18.7 Å². The highest BCUT2D eigenvalue weighted by molar-refractivity contribution is 7.16. The van der Waals surface area contributed by atoms with Crippen LogP contribution in [0.5, 0.6) is 0 Å². The Morgan fingerprint density at radius 2 is 1.73 bits per heavy atom. The van der Waals surface area contributed by atoms with Gasteiger partial charge in [0, 0.05) is 11.4 Å².